The Balaban J connectivity index is 2.29. The number of benzene rings is 2. The Kier molecular flexibility index (Phi) is 3.49. The molecule has 0 amide bonds. The number of hydrogen-bond donors (Lipinski definition) is 3. The van der Waals surface area contributed by atoms with E-state index in [9.17, 15) is 10.2 Å². The summed E-state index contributed by atoms with van der Waals surface area (Å²) in [5, 5.41) is 24.0. The molecule has 0 bridgehead atoms. The minimum atomic E-state index is -0.0714. The summed E-state index contributed by atoms with van der Waals surface area (Å²) in [7, 11) is 0. The topological polar surface area (TPSA) is 52.5 Å². The van der Waals surface area contributed by atoms with Crippen molar-refractivity contribution in [1.29, 1.82) is 0 Å². The minimum absolute atomic E-state index is 0.0410. The van der Waals surface area contributed by atoms with Crippen molar-refractivity contribution in [2.75, 3.05) is 13.1 Å². The molecule has 2 aromatic carbocycles. The fraction of sp³-hybridized carbons (Fsp3) is 0.286. The van der Waals surface area contributed by atoms with Gasteiger partial charge < -0.3 is 15.5 Å². The molecule has 0 aliphatic carbocycles. The quantitative estimate of drug-likeness (QED) is 0.559. The summed E-state index contributed by atoms with van der Waals surface area (Å²) in [4.78, 5) is 0. The van der Waals surface area contributed by atoms with Crippen LogP contribution < -0.4 is 5.32 Å². The van der Waals surface area contributed by atoms with Gasteiger partial charge in [0.25, 0.3) is 0 Å². The summed E-state index contributed by atoms with van der Waals surface area (Å²) in [6, 6.07) is 9.23. The number of aromatic hydroxyl groups is 2. The van der Waals surface area contributed by atoms with Crippen molar-refractivity contribution in [3.05, 3.63) is 35.9 Å². The zero-order chi connectivity index (χ0) is 12.3. The van der Waals surface area contributed by atoms with E-state index >= 15 is 0 Å². The zero-order valence-electron chi connectivity index (χ0n) is 9.90. The van der Waals surface area contributed by atoms with E-state index in [4.69, 9.17) is 0 Å². The first-order valence-electron chi connectivity index (χ1n) is 5.86. The molecule has 0 aliphatic heterocycles. The standard InChI is InChI=1S/C14H17NO2/c1-2-15-8-7-10-3-5-12-11(9-10)4-6-13(16)14(12)17/h3-6,9,15-17H,2,7-8H2,1H3. The molecule has 3 N–H and O–H groups in total. The second kappa shape index (κ2) is 5.06. The Hall–Kier alpha value is -1.74. The third-order valence-corrected chi connectivity index (χ3v) is 2.87. The highest BCUT2D eigenvalue weighted by Crippen LogP contribution is 2.33. The molecule has 2 aromatic rings. The van der Waals surface area contributed by atoms with Crippen LogP contribution in [0.3, 0.4) is 0 Å². The van der Waals surface area contributed by atoms with Crippen LogP contribution in [-0.4, -0.2) is 23.3 Å². The van der Waals surface area contributed by atoms with Crippen molar-refractivity contribution in [3.63, 3.8) is 0 Å². The van der Waals surface area contributed by atoms with E-state index in [1.807, 2.05) is 24.3 Å². The average Bonchev–Trinajstić information content (AvgIpc) is 2.34. The van der Waals surface area contributed by atoms with E-state index in [0.29, 0.717) is 5.39 Å². The molecule has 3 nitrogen and oxygen atoms in total. The van der Waals surface area contributed by atoms with Gasteiger partial charge in [0.2, 0.25) is 0 Å². The van der Waals surface area contributed by atoms with E-state index in [-0.39, 0.29) is 11.5 Å². The summed E-state index contributed by atoms with van der Waals surface area (Å²) in [5.74, 6) is -0.112. The fourth-order valence-electron chi connectivity index (χ4n) is 1.92. The first-order chi connectivity index (χ1) is 8.22. The first kappa shape index (κ1) is 11.7. The number of phenolic OH excluding ortho intramolecular Hbond substituents is 2. The average molecular weight is 231 g/mol. The van der Waals surface area contributed by atoms with Crippen LogP contribution in [-0.2, 0) is 6.42 Å². The molecule has 0 unspecified atom stereocenters. The molecule has 0 radical (unpaired) electrons. The van der Waals surface area contributed by atoms with Crippen LogP contribution in [0.1, 0.15) is 12.5 Å². The Morgan fingerprint density at radius 2 is 1.94 bits per heavy atom. The van der Waals surface area contributed by atoms with Gasteiger partial charge in [0.15, 0.2) is 11.5 Å². The van der Waals surface area contributed by atoms with Gasteiger partial charge >= 0.3 is 0 Å². The SMILES string of the molecule is CCNCCc1ccc2c(O)c(O)ccc2c1. The van der Waals surface area contributed by atoms with Gasteiger partial charge in [-0.05, 0) is 36.5 Å². The molecular weight excluding hydrogens is 214 g/mol. The fourth-order valence-corrected chi connectivity index (χ4v) is 1.92. The molecule has 0 spiro atoms. The van der Waals surface area contributed by atoms with Crippen molar-refractivity contribution in [2.24, 2.45) is 0 Å². The molecule has 17 heavy (non-hydrogen) atoms. The van der Waals surface area contributed by atoms with E-state index in [2.05, 4.69) is 12.2 Å². The predicted molar refractivity (Wildman–Crippen MR) is 69.5 cm³/mol. The zero-order valence-corrected chi connectivity index (χ0v) is 9.90. The summed E-state index contributed by atoms with van der Waals surface area (Å²) >= 11 is 0. The van der Waals surface area contributed by atoms with Crippen molar-refractivity contribution in [1.82, 2.24) is 5.32 Å². The Morgan fingerprint density at radius 1 is 1.12 bits per heavy atom. The lowest BCUT2D eigenvalue weighted by atomic mass is 10.0. The summed E-state index contributed by atoms with van der Waals surface area (Å²) < 4.78 is 0. The molecular formula is C14H17NO2. The molecule has 0 heterocycles. The molecule has 0 aliphatic rings. The van der Waals surface area contributed by atoms with Crippen LogP contribution in [0.2, 0.25) is 0 Å². The normalized spacial score (nSPS) is 10.9. The Morgan fingerprint density at radius 3 is 2.71 bits per heavy atom. The molecule has 0 saturated heterocycles. The van der Waals surface area contributed by atoms with Gasteiger partial charge in [-0.2, -0.15) is 0 Å². The first-order valence-corrected chi connectivity index (χ1v) is 5.86. The number of rotatable bonds is 4. The van der Waals surface area contributed by atoms with Crippen LogP contribution in [0.25, 0.3) is 10.8 Å². The van der Waals surface area contributed by atoms with Crippen molar-refractivity contribution >= 4 is 10.8 Å². The second-order valence-electron chi connectivity index (χ2n) is 4.09. The highest BCUT2D eigenvalue weighted by atomic mass is 16.3. The molecule has 3 heteroatoms. The molecule has 2 rings (SSSR count). The van der Waals surface area contributed by atoms with Gasteiger partial charge in [0.05, 0.1) is 0 Å². The summed E-state index contributed by atoms with van der Waals surface area (Å²) in [5.41, 5.74) is 1.23. The Labute approximate surface area is 101 Å². The van der Waals surface area contributed by atoms with Crippen molar-refractivity contribution in [2.45, 2.75) is 13.3 Å². The number of hydrogen-bond acceptors (Lipinski definition) is 3. The van der Waals surface area contributed by atoms with Gasteiger partial charge in [0.1, 0.15) is 0 Å². The van der Waals surface area contributed by atoms with Crippen LogP contribution in [0.5, 0.6) is 11.5 Å². The smallest absolute Gasteiger partial charge is 0.165 e. The Bertz CT molecular complexity index is 523. The van der Waals surface area contributed by atoms with Crippen LogP contribution in [0, 0.1) is 0 Å². The monoisotopic (exact) mass is 231 g/mol. The third kappa shape index (κ3) is 2.50. The lowest BCUT2D eigenvalue weighted by molar-refractivity contribution is 0.408. The summed E-state index contributed by atoms with van der Waals surface area (Å²) in [6.45, 7) is 4.01. The van der Waals surface area contributed by atoms with Crippen LogP contribution in [0.4, 0.5) is 0 Å². The van der Waals surface area contributed by atoms with E-state index < -0.39 is 0 Å². The number of likely N-dealkylation sites (N-methyl/N-ethyl adjacent to an activating group) is 1. The maximum absolute atomic E-state index is 9.70. The predicted octanol–water partition coefficient (Wildman–Crippen LogP) is 2.40. The lowest BCUT2D eigenvalue weighted by Crippen LogP contribution is -2.15. The maximum atomic E-state index is 9.70. The molecule has 0 fully saturated rings. The highest BCUT2D eigenvalue weighted by Gasteiger charge is 2.05. The molecule has 90 valence electrons. The number of fused-ring (bicyclic) bond motifs is 1. The molecule has 0 atom stereocenters. The van der Waals surface area contributed by atoms with E-state index in [1.54, 1.807) is 0 Å². The number of nitrogens with one attached hydrogen (secondary N) is 1. The van der Waals surface area contributed by atoms with Gasteiger partial charge in [-0.1, -0.05) is 31.2 Å². The largest absolute Gasteiger partial charge is 0.504 e. The lowest BCUT2D eigenvalue weighted by Gasteiger charge is -2.06. The van der Waals surface area contributed by atoms with Gasteiger partial charge in [0, 0.05) is 5.39 Å². The maximum Gasteiger partial charge on any atom is 0.165 e. The van der Waals surface area contributed by atoms with Gasteiger partial charge in [-0.15, -0.1) is 0 Å². The second-order valence-corrected chi connectivity index (χ2v) is 4.09. The summed E-state index contributed by atoms with van der Waals surface area (Å²) in [6.07, 6.45) is 0.964. The third-order valence-electron chi connectivity index (χ3n) is 2.87. The van der Waals surface area contributed by atoms with Gasteiger partial charge in [-0.3, -0.25) is 0 Å². The van der Waals surface area contributed by atoms with Crippen molar-refractivity contribution < 1.29 is 10.2 Å². The number of phenols is 2. The van der Waals surface area contributed by atoms with Crippen LogP contribution in [0.15, 0.2) is 30.3 Å². The molecule has 0 saturated carbocycles. The van der Waals surface area contributed by atoms with Gasteiger partial charge in [-0.25, -0.2) is 0 Å². The minimum Gasteiger partial charge on any atom is -0.504 e. The van der Waals surface area contributed by atoms with Crippen LogP contribution >= 0.6 is 0 Å². The van der Waals surface area contributed by atoms with E-state index in [1.165, 1.54) is 11.6 Å². The molecule has 0 aromatic heterocycles. The van der Waals surface area contributed by atoms with E-state index in [0.717, 1.165) is 24.9 Å². The van der Waals surface area contributed by atoms with Crippen molar-refractivity contribution in [3.8, 4) is 11.5 Å². The highest BCUT2D eigenvalue weighted by molar-refractivity contribution is 5.90.